The van der Waals surface area contributed by atoms with Crippen LogP contribution in [-0.4, -0.2) is 40.3 Å². The van der Waals surface area contributed by atoms with Crippen LogP contribution in [0.2, 0.25) is 0 Å². The van der Waals surface area contributed by atoms with Gasteiger partial charge in [0.25, 0.3) is 0 Å². The van der Waals surface area contributed by atoms with Gasteiger partial charge < -0.3 is 24.8 Å². The second-order valence-corrected chi connectivity index (χ2v) is 5.78. The first-order valence-electron chi connectivity index (χ1n) is 8.63. The van der Waals surface area contributed by atoms with Gasteiger partial charge in [-0.2, -0.15) is 0 Å². The van der Waals surface area contributed by atoms with Crippen LogP contribution in [-0.2, 0) is 11.2 Å². The van der Waals surface area contributed by atoms with Gasteiger partial charge in [-0.25, -0.2) is 4.39 Å². The average molecular weight is 376 g/mol. The molecule has 2 aromatic carbocycles. The fourth-order valence-electron chi connectivity index (χ4n) is 2.63. The van der Waals surface area contributed by atoms with Crippen molar-refractivity contribution in [3.63, 3.8) is 0 Å². The van der Waals surface area contributed by atoms with E-state index in [0.29, 0.717) is 42.3 Å². The molecular formula is C20H25FN2O4. The van der Waals surface area contributed by atoms with E-state index in [2.05, 4.69) is 10.6 Å². The van der Waals surface area contributed by atoms with Crippen molar-refractivity contribution in [3.05, 3.63) is 47.8 Å². The van der Waals surface area contributed by atoms with Gasteiger partial charge in [-0.05, 0) is 18.1 Å². The van der Waals surface area contributed by atoms with Gasteiger partial charge in [0, 0.05) is 37.3 Å². The van der Waals surface area contributed by atoms with E-state index in [-0.39, 0.29) is 18.1 Å². The van der Waals surface area contributed by atoms with E-state index in [1.165, 1.54) is 6.07 Å². The van der Waals surface area contributed by atoms with Crippen LogP contribution < -0.4 is 24.8 Å². The minimum absolute atomic E-state index is 0.105. The molecule has 0 bridgehead atoms. The maximum absolute atomic E-state index is 13.5. The molecule has 0 unspecified atom stereocenters. The van der Waals surface area contributed by atoms with Crippen molar-refractivity contribution in [2.45, 2.75) is 12.8 Å². The van der Waals surface area contributed by atoms with Gasteiger partial charge in [0.2, 0.25) is 11.7 Å². The highest BCUT2D eigenvalue weighted by atomic mass is 19.1. The molecule has 0 saturated carbocycles. The molecular weight excluding hydrogens is 351 g/mol. The summed E-state index contributed by atoms with van der Waals surface area (Å²) in [4.78, 5) is 11.9. The molecule has 146 valence electrons. The summed E-state index contributed by atoms with van der Waals surface area (Å²) < 4.78 is 29.4. The molecule has 0 saturated heterocycles. The first-order chi connectivity index (χ1) is 13.1. The third-order valence-corrected chi connectivity index (χ3v) is 4.02. The number of hydrogen-bond acceptors (Lipinski definition) is 5. The Bertz CT molecular complexity index is 742. The lowest BCUT2D eigenvalue weighted by Crippen LogP contribution is -2.27. The zero-order chi connectivity index (χ0) is 19.6. The topological polar surface area (TPSA) is 68.8 Å². The summed E-state index contributed by atoms with van der Waals surface area (Å²) in [7, 11) is 4.63. The number of halogens is 1. The molecule has 0 heterocycles. The number of benzene rings is 2. The van der Waals surface area contributed by atoms with Crippen LogP contribution in [0.3, 0.4) is 0 Å². The third-order valence-electron chi connectivity index (χ3n) is 4.02. The average Bonchev–Trinajstić information content (AvgIpc) is 2.68. The number of rotatable bonds is 10. The molecule has 0 radical (unpaired) electrons. The number of nitrogens with one attached hydrogen (secondary N) is 2. The van der Waals surface area contributed by atoms with Gasteiger partial charge in [0.15, 0.2) is 11.5 Å². The molecule has 0 fully saturated rings. The summed E-state index contributed by atoms with van der Waals surface area (Å²) in [5, 5.41) is 5.95. The fourth-order valence-corrected chi connectivity index (χ4v) is 2.63. The Labute approximate surface area is 158 Å². The maximum atomic E-state index is 13.5. The van der Waals surface area contributed by atoms with Crippen LogP contribution in [0.5, 0.6) is 17.2 Å². The van der Waals surface area contributed by atoms with E-state index in [1.54, 1.807) is 51.7 Å². The Morgan fingerprint density at radius 1 is 1.00 bits per heavy atom. The highest BCUT2D eigenvalue weighted by molar-refractivity contribution is 5.76. The predicted octanol–water partition coefficient (Wildman–Crippen LogP) is 3.01. The summed E-state index contributed by atoms with van der Waals surface area (Å²) in [6.45, 7) is 0.827. The molecule has 2 N–H and O–H groups in total. The molecule has 2 aromatic rings. The van der Waals surface area contributed by atoms with Crippen LogP contribution in [0, 0.1) is 5.82 Å². The maximum Gasteiger partial charge on any atom is 0.221 e. The van der Waals surface area contributed by atoms with E-state index in [1.807, 2.05) is 0 Å². The van der Waals surface area contributed by atoms with Crippen LogP contribution in [0.4, 0.5) is 10.1 Å². The molecule has 0 aromatic heterocycles. The van der Waals surface area contributed by atoms with Crippen molar-refractivity contribution in [2.24, 2.45) is 0 Å². The molecule has 0 aliphatic rings. The lowest BCUT2D eigenvalue weighted by molar-refractivity contribution is -0.120. The number of methoxy groups -OCH3 is 3. The second kappa shape index (κ2) is 10.3. The summed E-state index contributed by atoms with van der Waals surface area (Å²) in [5.41, 5.74) is 1.34. The Morgan fingerprint density at radius 2 is 1.67 bits per heavy atom. The van der Waals surface area contributed by atoms with Gasteiger partial charge in [-0.1, -0.05) is 18.2 Å². The van der Waals surface area contributed by atoms with E-state index in [9.17, 15) is 9.18 Å². The molecule has 6 nitrogen and oxygen atoms in total. The summed E-state index contributed by atoms with van der Waals surface area (Å²) in [5.74, 6) is 1.22. The van der Waals surface area contributed by atoms with Crippen molar-refractivity contribution in [1.82, 2.24) is 5.32 Å². The smallest absolute Gasteiger partial charge is 0.221 e. The number of hydrogen-bond donors (Lipinski definition) is 2. The minimum Gasteiger partial charge on any atom is -0.493 e. The molecule has 0 spiro atoms. The van der Waals surface area contributed by atoms with E-state index >= 15 is 0 Å². The first-order valence-corrected chi connectivity index (χ1v) is 8.63. The first kappa shape index (κ1) is 20.4. The van der Waals surface area contributed by atoms with Crippen molar-refractivity contribution < 1.29 is 23.4 Å². The number of anilines is 1. The van der Waals surface area contributed by atoms with Gasteiger partial charge in [-0.3, -0.25) is 4.79 Å². The zero-order valence-electron chi connectivity index (χ0n) is 15.8. The van der Waals surface area contributed by atoms with Gasteiger partial charge >= 0.3 is 0 Å². The van der Waals surface area contributed by atoms with Gasteiger partial charge in [0.1, 0.15) is 5.82 Å². The Kier molecular flexibility index (Phi) is 7.73. The largest absolute Gasteiger partial charge is 0.493 e. The zero-order valence-corrected chi connectivity index (χ0v) is 15.8. The third kappa shape index (κ3) is 5.77. The van der Waals surface area contributed by atoms with Crippen LogP contribution in [0.15, 0.2) is 36.4 Å². The lowest BCUT2D eigenvalue weighted by Gasteiger charge is -2.15. The molecule has 0 aliphatic carbocycles. The Balaban J connectivity index is 1.80. The predicted molar refractivity (Wildman–Crippen MR) is 102 cm³/mol. The molecule has 0 atom stereocenters. The quantitative estimate of drug-likeness (QED) is 0.667. The van der Waals surface area contributed by atoms with Crippen molar-refractivity contribution >= 4 is 11.6 Å². The summed E-state index contributed by atoms with van der Waals surface area (Å²) >= 11 is 0. The normalized spacial score (nSPS) is 10.2. The Morgan fingerprint density at radius 3 is 2.26 bits per heavy atom. The molecule has 7 heteroatoms. The summed E-state index contributed by atoms with van der Waals surface area (Å²) in [6, 6.07) is 10.1. The molecule has 27 heavy (non-hydrogen) atoms. The molecule has 0 aliphatic heterocycles. The number of carbonyl (C=O) groups is 1. The van der Waals surface area contributed by atoms with Crippen molar-refractivity contribution in [1.29, 1.82) is 0 Å². The van der Waals surface area contributed by atoms with Gasteiger partial charge in [0.05, 0.1) is 21.3 Å². The summed E-state index contributed by atoms with van der Waals surface area (Å²) in [6.07, 6.45) is 0.743. The van der Waals surface area contributed by atoms with E-state index in [4.69, 9.17) is 14.2 Å². The lowest BCUT2D eigenvalue weighted by atomic mass is 10.1. The minimum atomic E-state index is -0.254. The van der Waals surface area contributed by atoms with Crippen molar-refractivity contribution in [2.75, 3.05) is 39.7 Å². The highest BCUT2D eigenvalue weighted by Crippen LogP contribution is 2.39. The van der Waals surface area contributed by atoms with Crippen molar-refractivity contribution in [3.8, 4) is 17.2 Å². The monoisotopic (exact) mass is 376 g/mol. The SMILES string of the molecule is COc1cc(NCCC(=O)NCCc2ccccc2F)cc(OC)c1OC. The number of amides is 1. The fraction of sp³-hybridized carbons (Fsp3) is 0.350. The van der Waals surface area contributed by atoms with Crippen LogP contribution in [0.1, 0.15) is 12.0 Å². The molecule has 2 rings (SSSR count). The number of carbonyl (C=O) groups excluding carboxylic acids is 1. The standard InChI is InChI=1S/C20H25FN2O4/c1-25-17-12-15(13-18(26-2)20(17)27-3)22-11-9-19(24)23-10-8-14-6-4-5-7-16(14)21/h4-7,12-13,22H,8-11H2,1-3H3,(H,23,24). The van der Waals surface area contributed by atoms with Crippen LogP contribution >= 0.6 is 0 Å². The number of ether oxygens (including phenoxy) is 3. The molecule has 1 amide bonds. The Hall–Kier alpha value is -2.96. The van der Waals surface area contributed by atoms with Crippen LogP contribution in [0.25, 0.3) is 0 Å². The highest BCUT2D eigenvalue weighted by Gasteiger charge is 2.13. The van der Waals surface area contributed by atoms with Gasteiger partial charge in [-0.15, -0.1) is 0 Å². The second-order valence-electron chi connectivity index (χ2n) is 5.78. The van der Waals surface area contributed by atoms with E-state index in [0.717, 1.165) is 5.69 Å². The van der Waals surface area contributed by atoms with E-state index < -0.39 is 0 Å².